The summed E-state index contributed by atoms with van der Waals surface area (Å²) in [6.45, 7) is 1.94. The summed E-state index contributed by atoms with van der Waals surface area (Å²) in [5.74, 6) is -0.00852. The molecule has 29 heavy (non-hydrogen) atoms. The van der Waals surface area contributed by atoms with Gasteiger partial charge in [-0.15, -0.1) is 0 Å². The fourth-order valence-corrected chi connectivity index (χ4v) is 2.87. The summed E-state index contributed by atoms with van der Waals surface area (Å²) in [6, 6.07) is 20.1. The Bertz CT molecular complexity index is 928. The number of rotatable bonds is 7. The van der Waals surface area contributed by atoms with Gasteiger partial charge >= 0.3 is 6.03 Å². The summed E-state index contributed by atoms with van der Waals surface area (Å²) in [7, 11) is 0. The number of carbonyl (C=O) groups is 2. The predicted molar refractivity (Wildman–Crippen MR) is 115 cm³/mol. The first-order valence-electron chi connectivity index (χ1n) is 9.51. The molecule has 0 saturated heterocycles. The molecule has 0 aliphatic heterocycles. The van der Waals surface area contributed by atoms with E-state index in [-0.39, 0.29) is 18.0 Å². The lowest BCUT2D eigenvalue weighted by Gasteiger charge is -2.15. The van der Waals surface area contributed by atoms with Gasteiger partial charge < -0.3 is 16.0 Å². The van der Waals surface area contributed by atoms with Crippen LogP contribution in [-0.4, -0.2) is 16.9 Å². The van der Waals surface area contributed by atoms with E-state index < -0.39 is 0 Å². The highest BCUT2D eigenvalue weighted by atomic mass is 16.2. The second kappa shape index (κ2) is 10.0. The minimum atomic E-state index is -0.305. The molecule has 3 N–H and O–H groups in total. The van der Waals surface area contributed by atoms with Gasteiger partial charge in [0.1, 0.15) is 0 Å². The third kappa shape index (κ3) is 6.46. The lowest BCUT2D eigenvalue weighted by molar-refractivity contribution is -0.121. The fraction of sp³-hybridized carbons (Fsp3) is 0.174. The van der Waals surface area contributed by atoms with Crippen molar-refractivity contribution in [3.8, 4) is 0 Å². The van der Waals surface area contributed by atoms with Gasteiger partial charge in [-0.25, -0.2) is 4.79 Å². The number of hydrogen-bond acceptors (Lipinski definition) is 3. The van der Waals surface area contributed by atoms with E-state index in [2.05, 4.69) is 20.9 Å². The molecule has 3 aromatic rings. The second-order valence-electron chi connectivity index (χ2n) is 6.72. The fourth-order valence-electron chi connectivity index (χ4n) is 2.87. The number of carbonyl (C=O) groups excluding carboxylic acids is 2. The van der Waals surface area contributed by atoms with Crippen LogP contribution < -0.4 is 16.0 Å². The zero-order valence-corrected chi connectivity index (χ0v) is 16.3. The highest BCUT2D eigenvalue weighted by Gasteiger charge is 2.10. The van der Waals surface area contributed by atoms with Crippen LogP contribution in [0.4, 0.5) is 16.2 Å². The number of urea groups is 1. The zero-order valence-electron chi connectivity index (χ0n) is 16.3. The topological polar surface area (TPSA) is 83.1 Å². The molecule has 6 heteroatoms. The van der Waals surface area contributed by atoms with Crippen molar-refractivity contribution in [1.82, 2.24) is 10.3 Å². The highest BCUT2D eigenvalue weighted by molar-refractivity contribution is 5.99. The molecule has 0 radical (unpaired) electrons. The predicted octanol–water partition coefficient (Wildman–Crippen LogP) is 4.54. The number of aryl methyl sites for hydroxylation is 1. The lowest BCUT2D eigenvalue weighted by atomic mass is 10.1. The summed E-state index contributed by atoms with van der Waals surface area (Å²) in [5, 5.41) is 8.56. The van der Waals surface area contributed by atoms with Gasteiger partial charge in [-0.1, -0.05) is 36.4 Å². The van der Waals surface area contributed by atoms with E-state index in [1.807, 2.05) is 73.7 Å². The lowest BCUT2D eigenvalue weighted by Crippen LogP contribution is -2.26. The largest absolute Gasteiger partial charge is 0.350 e. The van der Waals surface area contributed by atoms with Crippen molar-refractivity contribution >= 4 is 23.3 Å². The van der Waals surface area contributed by atoms with Crippen molar-refractivity contribution in [3.05, 3.63) is 90.3 Å². The van der Waals surface area contributed by atoms with Gasteiger partial charge in [0.2, 0.25) is 5.91 Å². The molecule has 148 valence electrons. The van der Waals surface area contributed by atoms with E-state index in [0.29, 0.717) is 18.5 Å². The van der Waals surface area contributed by atoms with Crippen LogP contribution in [-0.2, 0) is 11.2 Å². The van der Waals surface area contributed by atoms with Crippen molar-refractivity contribution in [2.75, 3.05) is 10.6 Å². The standard InChI is InChI=1S/C23H24N4O2/c1-17(25-22(28)14-9-18-6-5-15-24-16-18)19-10-12-21(13-11-19)27-23(29)26-20-7-3-2-4-8-20/h2-8,10-13,15-17H,9,14H2,1H3,(H,25,28)(H2,26,27,29). The molecule has 0 spiro atoms. The first-order chi connectivity index (χ1) is 14.1. The van der Waals surface area contributed by atoms with E-state index in [1.54, 1.807) is 12.4 Å². The third-order valence-corrected chi connectivity index (χ3v) is 4.44. The molecule has 2 aromatic carbocycles. The average molecular weight is 388 g/mol. The Morgan fingerprint density at radius 3 is 2.24 bits per heavy atom. The van der Waals surface area contributed by atoms with E-state index in [1.165, 1.54) is 0 Å². The van der Waals surface area contributed by atoms with E-state index in [0.717, 1.165) is 16.8 Å². The van der Waals surface area contributed by atoms with E-state index >= 15 is 0 Å². The van der Waals surface area contributed by atoms with Crippen LogP contribution >= 0.6 is 0 Å². The number of nitrogens with one attached hydrogen (secondary N) is 3. The van der Waals surface area contributed by atoms with Crippen molar-refractivity contribution in [1.29, 1.82) is 0 Å². The molecule has 0 saturated carbocycles. The van der Waals surface area contributed by atoms with E-state index in [4.69, 9.17) is 0 Å². The molecule has 1 aromatic heterocycles. The normalized spacial score (nSPS) is 11.3. The Morgan fingerprint density at radius 1 is 0.897 bits per heavy atom. The quantitative estimate of drug-likeness (QED) is 0.556. The van der Waals surface area contributed by atoms with Gasteiger partial charge in [-0.2, -0.15) is 0 Å². The van der Waals surface area contributed by atoms with Gasteiger partial charge in [0.15, 0.2) is 0 Å². The van der Waals surface area contributed by atoms with Gasteiger partial charge in [0, 0.05) is 30.2 Å². The number of para-hydroxylation sites is 1. The number of pyridine rings is 1. The number of anilines is 2. The second-order valence-corrected chi connectivity index (χ2v) is 6.72. The van der Waals surface area contributed by atoms with Gasteiger partial charge in [-0.05, 0) is 54.8 Å². The van der Waals surface area contributed by atoms with Crippen LogP contribution in [0.3, 0.4) is 0 Å². The Labute approximate surface area is 170 Å². The number of hydrogen-bond donors (Lipinski definition) is 3. The maximum absolute atomic E-state index is 12.2. The highest BCUT2D eigenvalue weighted by Crippen LogP contribution is 2.17. The maximum atomic E-state index is 12.2. The first-order valence-corrected chi connectivity index (χ1v) is 9.51. The molecule has 0 fully saturated rings. The Balaban J connectivity index is 1.47. The molecule has 1 unspecified atom stereocenters. The number of benzene rings is 2. The van der Waals surface area contributed by atoms with Crippen LogP contribution in [0.1, 0.15) is 30.5 Å². The summed E-state index contributed by atoms with van der Waals surface area (Å²) >= 11 is 0. The number of nitrogens with zero attached hydrogens (tertiary/aromatic N) is 1. The first kappa shape index (κ1) is 20.1. The van der Waals surface area contributed by atoms with Crippen molar-refractivity contribution < 1.29 is 9.59 Å². The Hall–Kier alpha value is -3.67. The number of aromatic nitrogens is 1. The summed E-state index contributed by atoms with van der Waals surface area (Å²) in [4.78, 5) is 28.3. The van der Waals surface area contributed by atoms with Crippen LogP contribution in [0.25, 0.3) is 0 Å². The van der Waals surface area contributed by atoms with Gasteiger partial charge in [0.25, 0.3) is 0 Å². The Morgan fingerprint density at radius 2 is 1.59 bits per heavy atom. The van der Waals surface area contributed by atoms with Crippen LogP contribution in [0.5, 0.6) is 0 Å². The SMILES string of the molecule is CC(NC(=O)CCc1cccnc1)c1ccc(NC(=O)Nc2ccccc2)cc1. The summed E-state index contributed by atoms with van der Waals surface area (Å²) < 4.78 is 0. The molecule has 3 rings (SSSR count). The third-order valence-electron chi connectivity index (χ3n) is 4.44. The van der Waals surface area contributed by atoms with Crippen LogP contribution in [0.15, 0.2) is 79.1 Å². The molecule has 1 heterocycles. The smallest absolute Gasteiger partial charge is 0.323 e. The van der Waals surface area contributed by atoms with Crippen LogP contribution in [0.2, 0.25) is 0 Å². The minimum Gasteiger partial charge on any atom is -0.350 e. The number of amides is 3. The molecule has 0 aliphatic rings. The van der Waals surface area contributed by atoms with Crippen molar-refractivity contribution in [2.24, 2.45) is 0 Å². The molecule has 0 aliphatic carbocycles. The van der Waals surface area contributed by atoms with Gasteiger partial charge in [0.05, 0.1) is 6.04 Å². The maximum Gasteiger partial charge on any atom is 0.323 e. The molecule has 0 bridgehead atoms. The van der Waals surface area contributed by atoms with Crippen LogP contribution in [0, 0.1) is 0 Å². The summed E-state index contributed by atoms with van der Waals surface area (Å²) in [6.07, 6.45) is 4.56. The minimum absolute atomic E-state index is 0.00852. The molecular formula is C23H24N4O2. The zero-order chi connectivity index (χ0) is 20.5. The molecule has 1 atom stereocenters. The van der Waals surface area contributed by atoms with Crippen molar-refractivity contribution in [3.63, 3.8) is 0 Å². The van der Waals surface area contributed by atoms with Gasteiger partial charge in [-0.3, -0.25) is 9.78 Å². The average Bonchev–Trinajstić information content (AvgIpc) is 2.74. The van der Waals surface area contributed by atoms with Crippen molar-refractivity contribution in [2.45, 2.75) is 25.8 Å². The summed E-state index contributed by atoms with van der Waals surface area (Å²) in [5.41, 5.74) is 3.41. The monoisotopic (exact) mass is 388 g/mol. The molecular weight excluding hydrogens is 364 g/mol. The van der Waals surface area contributed by atoms with E-state index in [9.17, 15) is 9.59 Å². The molecule has 6 nitrogen and oxygen atoms in total. The Kier molecular flexibility index (Phi) is 6.95. The molecule has 3 amide bonds.